The molecule has 1 aliphatic rings. The van der Waals surface area contributed by atoms with Crippen molar-refractivity contribution in [1.29, 1.82) is 0 Å². The van der Waals surface area contributed by atoms with Gasteiger partial charge in [0, 0.05) is 24.6 Å². The number of nitrogens with zero attached hydrogens (tertiary/aromatic N) is 3. The van der Waals surface area contributed by atoms with Crippen LogP contribution in [0.1, 0.15) is 45.9 Å². The SMILES string of the molecule is CC(C)(C)c1nc(Cl)cc(NN2CCCCC2)n1. The molecule has 100 valence electrons. The Morgan fingerprint density at radius 1 is 1.17 bits per heavy atom. The summed E-state index contributed by atoms with van der Waals surface area (Å²) in [5, 5.41) is 2.70. The van der Waals surface area contributed by atoms with E-state index in [1.54, 1.807) is 6.07 Å². The lowest BCUT2D eigenvalue weighted by molar-refractivity contribution is 0.272. The molecule has 1 N–H and O–H groups in total. The van der Waals surface area contributed by atoms with E-state index in [9.17, 15) is 0 Å². The molecule has 2 heterocycles. The second kappa shape index (κ2) is 5.41. The second-order valence-electron chi connectivity index (χ2n) is 5.81. The van der Waals surface area contributed by atoms with Gasteiger partial charge in [-0.25, -0.2) is 15.0 Å². The van der Waals surface area contributed by atoms with Gasteiger partial charge in [-0.05, 0) is 12.8 Å². The van der Waals surface area contributed by atoms with E-state index >= 15 is 0 Å². The van der Waals surface area contributed by atoms with Crippen molar-refractivity contribution in [3.8, 4) is 0 Å². The summed E-state index contributed by atoms with van der Waals surface area (Å²) in [5.74, 6) is 1.57. The summed E-state index contributed by atoms with van der Waals surface area (Å²) >= 11 is 6.06. The zero-order chi connectivity index (χ0) is 13.2. The molecule has 18 heavy (non-hydrogen) atoms. The van der Waals surface area contributed by atoms with Crippen molar-refractivity contribution >= 4 is 17.4 Å². The molecule has 0 saturated carbocycles. The summed E-state index contributed by atoms with van der Waals surface area (Å²) < 4.78 is 0. The number of hydrazine groups is 1. The maximum absolute atomic E-state index is 6.06. The second-order valence-corrected chi connectivity index (χ2v) is 6.20. The standard InChI is InChI=1S/C13H21ClN4/c1-13(2,3)12-15-10(14)9-11(16-12)17-18-7-5-4-6-8-18/h9H,4-8H2,1-3H3,(H,15,16,17). The number of rotatable bonds is 2. The number of piperidine rings is 1. The van der Waals surface area contributed by atoms with Crippen molar-refractivity contribution < 1.29 is 0 Å². The first-order chi connectivity index (χ1) is 8.45. The molecule has 0 radical (unpaired) electrons. The Labute approximate surface area is 114 Å². The van der Waals surface area contributed by atoms with Crippen molar-refractivity contribution in [2.75, 3.05) is 18.5 Å². The Hall–Kier alpha value is -0.870. The number of anilines is 1. The van der Waals surface area contributed by atoms with E-state index in [-0.39, 0.29) is 5.41 Å². The number of aromatic nitrogens is 2. The third-order valence-electron chi connectivity index (χ3n) is 2.99. The molecule has 1 aromatic rings. The molecular weight excluding hydrogens is 248 g/mol. The van der Waals surface area contributed by atoms with Gasteiger partial charge in [0.1, 0.15) is 16.8 Å². The van der Waals surface area contributed by atoms with Crippen LogP contribution in [0.5, 0.6) is 0 Å². The van der Waals surface area contributed by atoms with Crippen molar-refractivity contribution in [2.45, 2.75) is 45.4 Å². The highest BCUT2D eigenvalue weighted by Crippen LogP contribution is 2.22. The molecule has 4 nitrogen and oxygen atoms in total. The summed E-state index contributed by atoms with van der Waals surface area (Å²) in [6.45, 7) is 8.38. The van der Waals surface area contributed by atoms with Crippen LogP contribution in [0.25, 0.3) is 0 Å². The molecule has 5 heteroatoms. The summed E-state index contributed by atoms with van der Waals surface area (Å²) in [4.78, 5) is 8.84. The molecule has 2 rings (SSSR count). The highest BCUT2D eigenvalue weighted by Gasteiger charge is 2.19. The van der Waals surface area contributed by atoms with Crippen molar-refractivity contribution in [3.63, 3.8) is 0 Å². The number of hydrogen-bond acceptors (Lipinski definition) is 4. The smallest absolute Gasteiger partial charge is 0.145 e. The maximum atomic E-state index is 6.06. The average Bonchev–Trinajstić information content (AvgIpc) is 2.28. The van der Waals surface area contributed by atoms with Crippen LogP contribution in [0.3, 0.4) is 0 Å². The fraction of sp³-hybridized carbons (Fsp3) is 0.692. The Morgan fingerprint density at radius 2 is 1.83 bits per heavy atom. The number of halogens is 1. The van der Waals surface area contributed by atoms with Crippen LogP contribution in [0.2, 0.25) is 5.15 Å². The van der Waals surface area contributed by atoms with Crippen molar-refractivity contribution in [3.05, 3.63) is 17.0 Å². The largest absolute Gasteiger partial charge is 0.303 e. The minimum atomic E-state index is -0.0940. The van der Waals surface area contributed by atoms with Gasteiger partial charge in [-0.3, -0.25) is 0 Å². The van der Waals surface area contributed by atoms with E-state index in [1.807, 2.05) is 0 Å². The van der Waals surface area contributed by atoms with Crippen molar-refractivity contribution in [1.82, 2.24) is 15.0 Å². The summed E-state index contributed by atoms with van der Waals surface area (Å²) in [5.41, 5.74) is 3.24. The average molecular weight is 269 g/mol. The molecule has 0 aliphatic carbocycles. The van der Waals surface area contributed by atoms with Crippen LogP contribution in [-0.2, 0) is 5.41 Å². The van der Waals surface area contributed by atoms with Crippen LogP contribution in [-0.4, -0.2) is 28.1 Å². The van der Waals surface area contributed by atoms with Gasteiger partial charge in [0.2, 0.25) is 0 Å². The van der Waals surface area contributed by atoms with Gasteiger partial charge in [0.25, 0.3) is 0 Å². The molecule has 0 aromatic carbocycles. The Bertz CT molecular complexity index is 408. The molecule has 0 unspecified atom stereocenters. The fourth-order valence-electron chi connectivity index (χ4n) is 1.98. The first-order valence-corrected chi connectivity index (χ1v) is 6.89. The molecular formula is C13H21ClN4. The minimum absolute atomic E-state index is 0.0940. The topological polar surface area (TPSA) is 41.1 Å². The van der Waals surface area contributed by atoms with E-state index in [0.29, 0.717) is 5.15 Å². The predicted molar refractivity (Wildman–Crippen MR) is 74.8 cm³/mol. The van der Waals surface area contributed by atoms with E-state index in [2.05, 4.69) is 41.2 Å². The fourth-order valence-corrected chi connectivity index (χ4v) is 2.16. The predicted octanol–water partition coefficient (Wildman–Crippen LogP) is 3.24. The number of hydrogen-bond donors (Lipinski definition) is 1. The molecule has 0 amide bonds. The molecule has 0 atom stereocenters. The summed E-state index contributed by atoms with van der Waals surface area (Å²) in [6, 6.07) is 1.78. The minimum Gasteiger partial charge on any atom is -0.303 e. The van der Waals surface area contributed by atoms with E-state index in [0.717, 1.165) is 24.7 Å². The molecule has 0 bridgehead atoms. The molecule has 1 aromatic heterocycles. The molecule has 0 spiro atoms. The highest BCUT2D eigenvalue weighted by atomic mass is 35.5. The van der Waals surface area contributed by atoms with Crippen LogP contribution in [0.4, 0.5) is 5.82 Å². The Morgan fingerprint density at radius 3 is 2.44 bits per heavy atom. The van der Waals surface area contributed by atoms with Crippen LogP contribution in [0.15, 0.2) is 6.07 Å². The van der Waals surface area contributed by atoms with E-state index < -0.39 is 0 Å². The van der Waals surface area contributed by atoms with Crippen LogP contribution < -0.4 is 5.43 Å². The molecule has 1 fully saturated rings. The van der Waals surface area contributed by atoms with Crippen LogP contribution in [0, 0.1) is 0 Å². The van der Waals surface area contributed by atoms with E-state index in [4.69, 9.17) is 11.6 Å². The normalized spacial score (nSPS) is 17.8. The third kappa shape index (κ3) is 3.56. The number of nitrogens with one attached hydrogen (secondary N) is 1. The zero-order valence-corrected chi connectivity index (χ0v) is 12.1. The van der Waals surface area contributed by atoms with Gasteiger partial charge in [-0.15, -0.1) is 0 Å². The van der Waals surface area contributed by atoms with Crippen molar-refractivity contribution in [2.24, 2.45) is 0 Å². The Balaban J connectivity index is 2.14. The van der Waals surface area contributed by atoms with Gasteiger partial charge < -0.3 is 5.43 Å². The van der Waals surface area contributed by atoms with Gasteiger partial charge in [0.05, 0.1) is 0 Å². The van der Waals surface area contributed by atoms with Gasteiger partial charge in [-0.2, -0.15) is 0 Å². The van der Waals surface area contributed by atoms with E-state index in [1.165, 1.54) is 19.3 Å². The lowest BCUT2D eigenvalue weighted by atomic mass is 9.96. The summed E-state index contributed by atoms with van der Waals surface area (Å²) in [7, 11) is 0. The molecule has 1 aliphatic heterocycles. The quantitative estimate of drug-likeness (QED) is 0.836. The van der Waals surface area contributed by atoms with Gasteiger partial charge >= 0.3 is 0 Å². The maximum Gasteiger partial charge on any atom is 0.145 e. The Kier molecular flexibility index (Phi) is 4.07. The third-order valence-corrected chi connectivity index (χ3v) is 3.19. The summed E-state index contributed by atoms with van der Waals surface area (Å²) in [6.07, 6.45) is 3.78. The highest BCUT2D eigenvalue weighted by molar-refractivity contribution is 6.29. The van der Waals surface area contributed by atoms with Gasteiger partial charge in [-0.1, -0.05) is 38.8 Å². The first-order valence-electron chi connectivity index (χ1n) is 6.52. The monoisotopic (exact) mass is 268 g/mol. The zero-order valence-electron chi connectivity index (χ0n) is 11.3. The van der Waals surface area contributed by atoms with Crippen LogP contribution >= 0.6 is 11.6 Å². The lowest BCUT2D eigenvalue weighted by Crippen LogP contribution is -2.35. The lowest BCUT2D eigenvalue weighted by Gasteiger charge is -2.28. The van der Waals surface area contributed by atoms with Gasteiger partial charge in [0.15, 0.2) is 0 Å². The molecule has 1 saturated heterocycles. The first kappa shape index (κ1) is 13.6.